The molecule has 1 aliphatic heterocycles. The van der Waals surface area contributed by atoms with Gasteiger partial charge in [0.25, 0.3) is 0 Å². The first-order valence-electron chi connectivity index (χ1n) is 6.21. The van der Waals surface area contributed by atoms with Crippen LogP contribution in [-0.4, -0.2) is 35.1 Å². The first-order valence-corrected chi connectivity index (χ1v) is 6.97. The number of likely N-dealkylation sites (tertiary alicyclic amines) is 1. The number of anilines is 1. The molecule has 0 aliphatic carbocycles. The normalized spacial score (nSPS) is 18.7. The van der Waals surface area contributed by atoms with Crippen molar-refractivity contribution < 1.29 is 14.7 Å². The average Bonchev–Trinajstić information content (AvgIpc) is 2.42. The summed E-state index contributed by atoms with van der Waals surface area (Å²) in [4.78, 5) is 24.6. The van der Waals surface area contributed by atoms with Gasteiger partial charge in [-0.25, -0.2) is 4.79 Å². The highest BCUT2D eigenvalue weighted by Gasteiger charge is 2.28. The summed E-state index contributed by atoms with van der Waals surface area (Å²) >= 11 is 11.8. The summed E-state index contributed by atoms with van der Waals surface area (Å²) in [5, 5.41) is 12.5. The molecule has 0 aromatic heterocycles. The van der Waals surface area contributed by atoms with Crippen molar-refractivity contribution in [3.8, 4) is 0 Å². The van der Waals surface area contributed by atoms with E-state index in [1.165, 1.54) is 11.0 Å². The van der Waals surface area contributed by atoms with Gasteiger partial charge in [0.05, 0.1) is 16.6 Å². The van der Waals surface area contributed by atoms with E-state index in [0.29, 0.717) is 35.1 Å². The highest BCUT2D eigenvalue weighted by Crippen LogP contribution is 2.26. The number of carbonyl (C=O) groups is 2. The molecule has 0 radical (unpaired) electrons. The van der Waals surface area contributed by atoms with E-state index in [9.17, 15) is 9.59 Å². The topological polar surface area (TPSA) is 69.6 Å². The van der Waals surface area contributed by atoms with Crippen LogP contribution in [0.3, 0.4) is 0 Å². The Morgan fingerprint density at radius 3 is 2.75 bits per heavy atom. The lowest BCUT2D eigenvalue weighted by molar-refractivity contribution is -0.143. The number of hydrogen-bond donors (Lipinski definition) is 2. The van der Waals surface area contributed by atoms with Crippen molar-refractivity contribution in [3.63, 3.8) is 0 Å². The van der Waals surface area contributed by atoms with Gasteiger partial charge in [0.2, 0.25) is 0 Å². The number of nitrogens with zero attached hydrogens (tertiary/aromatic N) is 1. The zero-order chi connectivity index (χ0) is 14.7. The van der Waals surface area contributed by atoms with E-state index >= 15 is 0 Å². The quantitative estimate of drug-likeness (QED) is 0.879. The van der Waals surface area contributed by atoms with Crippen LogP contribution in [0, 0.1) is 5.92 Å². The Labute approximate surface area is 126 Å². The number of urea groups is 1. The van der Waals surface area contributed by atoms with E-state index in [1.54, 1.807) is 12.1 Å². The Morgan fingerprint density at radius 2 is 2.10 bits per heavy atom. The van der Waals surface area contributed by atoms with E-state index in [0.717, 1.165) is 0 Å². The maximum Gasteiger partial charge on any atom is 0.321 e. The van der Waals surface area contributed by atoms with E-state index in [2.05, 4.69) is 5.32 Å². The molecule has 7 heteroatoms. The molecule has 1 heterocycles. The van der Waals surface area contributed by atoms with Crippen molar-refractivity contribution >= 4 is 40.9 Å². The van der Waals surface area contributed by atoms with Gasteiger partial charge in [-0.2, -0.15) is 0 Å². The molecule has 0 saturated carbocycles. The van der Waals surface area contributed by atoms with Crippen molar-refractivity contribution in [2.24, 2.45) is 5.92 Å². The average molecular weight is 317 g/mol. The molecular weight excluding hydrogens is 303 g/mol. The number of nitrogens with one attached hydrogen (secondary N) is 1. The number of hydrogen-bond acceptors (Lipinski definition) is 2. The lowest BCUT2D eigenvalue weighted by Crippen LogP contribution is -2.44. The molecule has 1 aliphatic rings. The molecule has 20 heavy (non-hydrogen) atoms. The number of benzene rings is 1. The summed E-state index contributed by atoms with van der Waals surface area (Å²) in [5.74, 6) is -1.37. The zero-order valence-electron chi connectivity index (χ0n) is 10.6. The molecule has 1 aromatic carbocycles. The second-order valence-electron chi connectivity index (χ2n) is 4.68. The molecule has 0 bridgehead atoms. The highest BCUT2D eigenvalue weighted by molar-refractivity contribution is 6.36. The maximum atomic E-state index is 12.1. The van der Waals surface area contributed by atoms with Crippen LogP contribution in [0.4, 0.5) is 10.5 Å². The lowest BCUT2D eigenvalue weighted by atomic mass is 9.99. The minimum atomic E-state index is -0.868. The molecule has 1 saturated heterocycles. The van der Waals surface area contributed by atoms with Crippen LogP contribution in [0.5, 0.6) is 0 Å². The second kappa shape index (κ2) is 6.33. The molecule has 1 aromatic rings. The highest BCUT2D eigenvalue weighted by atomic mass is 35.5. The molecule has 5 nitrogen and oxygen atoms in total. The van der Waals surface area contributed by atoms with Gasteiger partial charge >= 0.3 is 12.0 Å². The fourth-order valence-corrected chi connectivity index (χ4v) is 2.60. The monoisotopic (exact) mass is 316 g/mol. The number of carbonyl (C=O) groups excluding carboxylic acids is 1. The summed E-state index contributed by atoms with van der Waals surface area (Å²) < 4.78 is 0. The summed E-state index contributed by atoms with van der Waals surface area (Å²) in [7, 11) is 0. The fraction of sp³-hybridized carbons (Fsp3) is 0.385. The van der Waals surface area contributed by atoms with Crippen LogP contribution in [0.1, 0.15) is 12.8 Å². The van der Waals surface area contributed by atoms with Crippen molar-refractivity contribution in [2.75, 3.05) is 18.4 Å². The number of halogens is 2. The molecule has 2 N–H and O–H groups in total. The van der Waals surface area contributed by atoms with Crippen molar-refractivity contribution in [3.05, 3.63) is 28.2 Å². The van der Waals surface area contributed by atoms with Gasteiger partial charge in [-0.1, -0.05) is 23.2 Å². The van der Waals surface area contributed by atoms with Gasteiger partial charge in [0, 0.05) is 18.1 Å². The number of aliphatic carboxylic acids is 1. The fourth-order valence-electron chi connectivity index (χ4n) is 2.15. The molecule has 2 rings (SSSR count). The second-order valence-corrected chi connectivity index (χ2v) is 5.52. The van der Waals surface area contributed by atoms with Gasteiger partial charge in [-0.15, -0.1) is 0 Å². The molecule has 1 fully saturated rings. The minimum absolute atomic E-state index is 0.215. The minimum Gasteiger partial charge on any atom is -0.481 e. The Morgan fingerprint density at radius 1 is 1.35 bits per heavy atom. The lowest BCUT2D eigenvalue weighted by Gasteiger charge is -2.30. The third kappa shape index (κ3) is 3.55. The SMILES string of the molecule is O=C(O)C1CCCN(C(=O)Nc2ccc(Cl)cc2Cl)C1. The predicted molar refractivity (Wildman–Crippen MR) is 77.4 cm³/mol. The van der Waals surface area contributed by atoms with Crippen LogP contribution in [0.25, 0.3) is 0 Å². The van der Waals surface area contributed by atoms with E-state index in [4.69, 9.17) is 28.3 Å². The molecule has 0 spiro atoms. The van der Waals surface area contributed by atoms with E-state index < -0.39 is 11.9 Å². The first kappa shape index (κ1) is 14.9. The third-order valence-corrected chi connectivity index (χ3v) is 3.78. The number of piperidine rings is 1. The van der Waals surface area contributed by atoms with E-state index in [1.807, 2.05) is 0 Å². The largest absolute Gasteiger partial charge is 0.481 e. The van der Waals surface area contributed by atoms with Crippen LogP contribution in [-0.2, 0) is 4.79 Å². The molecule has 2 amide bonds. The number of carboxylic acid groups (broad SMARTS) is 1. The Bertz CT molecular complexity index is 536. The summed E-state index contributed by atoms with van der Waals surface area (Å²) in [6.07, 6.45) is 1.28. The van der Waals surface area contributed by atoms with Crippen molar-refractivity contribution in [1.82, 2.24) is 4.90 Å². The number of carboxylic acids is 1. The Balaban J connectivity index is 2.02. The smallest absolute Gasteiger partial charge is 0.321 e. The predicted octanol–water partition coefficient (Wildman–Crippen LogP) is 3.32. The standard InChI is InChI=1S/C13H14Cl2N2O3/c14-9-3-4-11(10(15)6-9)16-13(20)17-5-1-2-8(7-17)12(18)19/h3-4,6,8H,1-2,5,7H2,(H,16,20)(H,18,19). The Kier molecular flexibility index (Phi) is 4.73. The van der Waals surface area contributed by atoms with Gasteiger partial charge in [-0.3, -0.25) is 4.79 Å². The van der Waals surface area contributed by atoms with Gasteiger partial charge in [-0.05, 0) is 31.0 Å². The van der Waals surface area contributed by atoms with Crippen LogP contribution in [0.15, 0.2) is 18.2 Å². The van der Waals surface area contributed by atoms with Gasteiger partial charge in [0.15, 0.2) is 0 Å². The van der Waals surface area contributed by atoms with Crippen LogP contribution in [0.2, 0.25) is 10.0 Å². The summed E-state index contributed by atoms with van der Waals surface area (Å²) in [6.45, 7) is 0.757. The van der Waals surface area contributed by atoms with Crippen molar-refractivity contribution in [2.45, 2.75) is 12.8 Å². The molecule has 1 atom stereocenters. The van der Waals surface area contributed by atoms with Crippen molar-refractivity contribution in [1.29, 1.82) is 0 Å². The zero-order valence-corrected chi connectivity index (χ0v) is 12.1. The number of amides is 2. The summed E-state index contributed by atoms with van der Waals surface area (Å²) in [5.41, 5.74) is 0.457. The summed E-state index contributed by atoms with van der Waals surface area (Å²) in [6, 6.07) is 4.43. The van der Waals surface area contributed by atoms with Gasteiger partial charge < -0.3 is 15.3 Å². The molecule has 108 valence electrons. The first-order chi connectivity index (χ1) is 9.47. The maximum absolute atomic E-state index is 12.1. The third-order valence-electron chi connectivity index (χ3n) is 3.23. The van der Waals surface area contributed by atoms with Gasteiger partial charge in [0.1, 0.15) is 0 Å². The molecule has 1 unspecified atom stereocenters. The van der Waals surface area contributed by atoms with Crippen LogP contribution < -0.4 is 5.32 Å². The van der Waals surface area contributed by atoms with E-state index in [-0.39, 0.29) is 12.6 Å². The Hall–Kier alpha value is -1.46. The number of rotatable bonds is 2. The molecular formula is C13H14Cl2N2O3. The van der Waals surface area contributed by atoms with Crippen LogP contribution >= 0.6 is 23.2 Å².